The number of nitrogens with one attached hydrogen (secondary N) is 1. The zero-order chi connectivity index (χ0) is 16.1. The molecule has 0 atom stereocenters. The summed E-state index contributed by atoms with van der Waals surface area (Å²) < 4.78 is 90.3. The Labute approximate surface area is 115 Å². The highest BCUT2D eigenvalue weighted by Crippen LogP contribution is 2.32. The molecule has 9 heteroatoms. The van der Waals surface area contributed by atoms with Gasteiger partial charge in [0.25, 0.3) is 0 Å². The first-order valence-corrected chi connectivity index (χ1v) is 5.80. The quantitative estimate of drug-likeness (QED) is 0.640. The van der Waals surface area contributed by atoms with Gasteiger partial charge in [0.2, 0.25) is 0 Å². The average Bonchev–Trinajstić information content (AvgIpc) is 2.32. The molecule has 0 saturated carbocycles. The van der Waals surface area contributed by atoms with Gasteiger partial charge in [-0.05, 0) is 17.7 Å². The summed E-state index contributed by atoms with van der Waals surface area (Å²) in [6.07, 6.45) is -9.15. The molecule has 0 bridgehead atoms. The van der Waals surface area contributed by atoms with Gasteiger partial charge in [-0.2, -0.15) is 26.3 Å². The molecule has 0 fully saturated rings. The molecule has 0 heterocycles. The fourth-order valence-electron chi connectivity index (χ4n) is 1.52. The van der Waals surface area contributed by atoms with E-state index >= 15 is 0 Å². The molecule has 0 radical (unpaired) electrons. The number of hydrogen-bond donors (Lipinski definition) is 1. The van der Waals surface area contributed by atoms with Crippen LogP contribution in [0.3, 0.4) is 0 Å². The van der Waals surface area contributed by atoms with Crippen LogP contribution in [-0.4, -0.2) is 25.9 Å². The van der Waals surface area contributed by atoms with E-state index in [-0.39, 0.29) is 25.3 Å². The predicted molar refractivity (Wildman–Crippen MR) is 60.0 cm³/mol. The zero-order valence-corrected chi connectivity index (χ0v) is 10.6. The fourth-order valence-corrected chi connectivity index (χ4v) is 1.52. The van der Waals surface area contributed by atoms with Crippen LogP contribution >= 0.6 is 0 Å². The summed E-state index contributed by atoms with van der Waals surface area (Å²) in [5, 5.41) is 2.51. The highest BCUT2D eigenvalue weighted by molar-refractivity contribution is 5.30. The highest BCUT2D eigenvalue weighted by atomic mass is 19.4. The number of ether oxygens (including phenoxy) is 1. The number of alkyl halides is 6. The van der Waals surface area contributed by atoms with Gasteiger partial charge >= 0.3 is 12.4 Å². The van der Waals surface area contributed by atoms with Crippen molar-refractivity contribution in [2.24, 2.45) is 0 Å². The first kappa shape index (κ1) is 17.7. The summed E-state index contributed by atoms with van der Waals surface area (Å²) in [5.41, 5.74) is -1.31. The van der Waals surface area contributed by atoms with Gasteiger partial charge in [0.15, 0.2) is 0 Å². The summed E-state index contributed by atoms with van der Waals surface area (Å²) in [5.74, 6) is -1.01. The molecule has 21 heavy (non-hydrogen) atoms. The Hall–Kier alpha value is -1.35. The van der Waals surface area contributed by atoms with Crippen molar-refractivity contribution >= 4 is 0 Å². The second-order valence-corrected chi connectivity index (χ2v) is 4.14. The standard InChI is InChI=1S/C12H12F7NO/c13-9-2-1-8(10(5-9)12(17,18)19)6-20-3-4-21-7-11(14,15)16/h1-2,5,20H,3-4,6-7H2. The van der Waals surface area contributed by atoms with E-state index in [1.165, 1.54) is 0 Å². The summed E-state index contributed by atoms with van der Waals surface area (Å²) >= 11 is 0. The van der Waals surface area contributed by atoms with E-state index in [0.717, 1.165) is 12.1 Å². The number of rotatable bonds is 6. The molecule has 2 nitrogen and oxygen atoms in total. The molecule has 120 valence electrons. The van der Waals surface area contributed by atoms with Gasteiger partial charge in [-0.3, -0.25) is 0 Å². The molecular weight excluding hydrogens is 307 g/mol. The molecule has 1 aromatic rings. The van der Waals surface area contributed by atoms with Gasteiger partial charge in [-0.15, -0.1) is 0 Å². The molecule has 0 amide bonds. The minimum Gasteiger partial charge on any atom is -0.371 e. The number of hydrogen-bond acceptors (Lipinski definition) is 2. The summed E-state index contributed by atoms with van der Waals surface area (Å²) in [7, 11) is 0. The molecule has 1 N–H and O–H groups in total. The van der Waals surface area contributed by atoms with Gasteiger partial charge in [0, 0.05) is 13.1 Å². The Kier molecular flexibility index (Phi) is 5.97. The van der Waals surface area contributed by atoms with Crippen molar-refractivity contribution in [2.45, 2.75) is 18.9 Å². The van der Waals surface area contributed by atoms with Crippen LogP contribution in [0.2, 0.25) is 0 Å². The van der Waals surface area contributed by atoms with Crippen LogP contribution in [0.15, 0.2) is 18.2 Å². The van der Waals surface area contributed by atoms with E-state index in [0.29, 0.717) is 6.07 Å². The first-order chi connectivity index (χ1) is 9.59. The molecule has 0 aromatic heterocycles. The van der Waals surface area contributed by atoms with Crippen LogP contribution in [0.1, 0.15) is 11.1 Å². The van der Waals surface area contributed by atoms with Gasteiger partial charge in [0.05, 0.1) is 12.2 Å². The van der Waals surface area contributed by atoms with Gasteiger partial charge in [-0.1, -0.05) is 6.07 Å². The molecule has 0 aliphatic heterocycles. The number of halogens is 7. The topological polar surface area (TPSA) is 21.3 Å². The highest BCUT2D eigenvalue weighted by Gasteiger charge is 2.33. The maximum absolute atomic E-state index is 12.8. The van der Waals surface area contributed by atoms with Crippen molar-refractivity contribution in [2.75, 3.05) is 19.8 Å². The summed E-state index contributed by atoms with van der Waals surface area (Å²) in [4.78, 5) is 0. The molecule has 0 aliphatic rings. The van der Waals surface area contributed by atoms with Gasteiger partial charge in [0.1, 0.15) is 12.4 Å². The van der Waals surface area contributed by atoms with Crippen LogP contribution in [-0.2, 0) is 17.5 Å². The second-order valence-electron chi connectivity index (χ2n) is 4.14. The Morgan fingerprint density at radius 3 is 2.29 bits per heavy atom. The van der Waals surface area contributed by atoms with Crippen LogP contribution in [0.5, 0.6) is 0 Å². The summed E-state index contributed by atoms with van der Waals surface area (Å²) in [6.45, 7) is -2.05. The summed E-state index contributed by atoms with van der Waals surface area (Å²) in [6, 6.07) is 2.23. The first-order valence-electron chi connectivity index (χ1n) is 5.80. The SMILES string of the molecule is Fc1ccc(CNCCOCC(F)(F)F)c(C(F)(F)F)c1. The zero-order valence-electron chi connectivity index (χ0n) is 10.6. The lowest BCUT2D eigenvalue weighted by Crippen LogP contribution is -2.24. The smallest absolute Gasteiger partial charge is 0.371 e. The predicted octanol–water partition coefficient (Wildman–Crippen LogP) is 3.51. The van der Waals surface area contributed by atoms with Gasteiger partial charge in [-0.25, -0.2) is 4.39 Å². The van der Waals surface area contributed by atoms with Crippen LogP contribution in [0.4, 0.5) is 30.7 Å². The van der Waals surface area contributed by atoms with Gasteiger partial charge < -0.3 is 10.1 Å². The second kappa shape index (κ2) is 7.08. The molecular formula is C12H12F7NO. The largest absolute Gasteiger partial charge is 0.416 e. The molecule has 0 spiro atoms. The van der Waals surface area contributed by atoms with Crippen molar-refractivity contribution in [3.05, 3.63) is 35.1 Å². The Morgan fingerprint density at radius 1 is 1.05 bits per heavy atom. The third-order valence-electron chi connectivity index (χ3n) is 2.38. The molecule has 0 saturated heterocycles. The average molecular weight is 319 g/mol. The lowest BCUT2D eigenvalue weighted by molar-refractivity contribution is -0.173. The van der Waals surface area contributed by atoms with Crippen LogP contribution in [0, 0.1) is 5.82 Å². The lowest BCUT2D eigenvalue weighted by atomic mass is 10.1. The molecule has 1 rings (SSSR count). The molecule has 0 aliphatic carbocycles. The maximum Gasteiger partial charge on any atom is 0.416 e. The van der Waals surface area contributed by atoms with E-state index in [9.17, 15) is 30.7 Å². The Balaban J connectivity index is 2.46. The normalized spacial score (nSPS) is 12.7. The van der Waals surface area contributed by atoms with Crippen molar-refractivity contribution in [3.8, 4) is 0 Å². The third kappa shape index (κ3) is 6.76. The number of benzene rings is 1. The van der Waals surface area contributed by atoms with E-state index < -0.39 is 30.3 Å². The van der Waals surface area contributed by atoms with Crippen molar-refractivity contribution in [1.29, 1.82) is 0 Å². The fraction of sp³-hybridized carbons (Fsp3) is 0.500. The molecule has 1 aromatic carbocycles. The van der Waals surface area contributed by atoms with E-state index in [2.05, 4.69) is 10.1 Å². The minimum atomic E-state index is -4.70. The maximum atomic E-state index is 12.8. The minimum absolute atomic E-state index is 0.0647. The Morgan fingerprint density at radius 2 is 1.71 bits per heavy atom. The van der Waals surface area contributed by atoms with Crippen molar-refractivity contribution in [3.63, 3.8) is 0 Å². The third-order valence-corrected chi connectivity index (χ3v) is 2.38. The van der Waals surface area contributed by atoms with E-state index in [1.54, 1.807) is 0 Å². The van der Waals surface area contributed by atoms with Crippen molar-refractivity contribution in [1.82, 2.24) is 5.32 Å². The molecule has 0 unspecified atom stereocenters. The monoisotopic (exact) mass is 319 g/mol. The van der Waals surface area contributed by atoms with Crippen molar-refractivity contribution < 1.29 is 35.5 Å². The Bertz CT molecular complexity index is 456. The lowest BCUT2D eigenvalue weighted by Gasteiger charge is -2.14. The van der Waals surface area contributed by atoms with Crippen LogP contribution < -0.4 is 5.32 Å². The van der Waals surface area contributed by atoms with E-state index in [1.807, 2.05) is 0 Å². The van der Waals surface area contributed by atoms with Crippen LogP contribution in [0.25, 0.3) is 0 Å². The van der Waals surface area contributed by atoms with E-state index in [4.69, 9.17) is 0 Å².